The number of furan rings is 1. The Kier molecular flexibility index (Phi) is 8.99. The first kappa shape index (κ1) is 40.0. The van der Waals surface area contributed by atoms with Gasteiger partial charge in [0.1, 0.15) is 11.2 Å². The largest absolute Gasteiger partial charge is 0.456 e. The zero-order valence-corrected chi connectivity index (χ0v) is 38.5. The number of anilines is 5. The van der Waals surface area contributed by atoms with Gasteiger partial charge in [0.15, 0.2) is 0 Å². The van der Waals surface area contributed by atoms with Gasteiger partial charge in [0, 0.05) is 50.1 Å². The third kappa shape index (κ3) is 6.40. The Labute approximate surface area is 379 Å². The average Bonchev–Trinajstić information content (AvgIpc) is 3.67. The molecule has 0 fully saturated rings. The third-order valence-electron chi connectivity index (χ3n) is 13.7. The molecule has 0 atom stereocenters. The van der Waals surface area contributed by atoms with Gasteiger partial charge in [-0.15, -0.1) is 0 Å². The second kappa shape index (κ2) is 14.4. The lowest BCUT2D eigenvalue weighted by atomic mass is 9.43. The van der Waals surface area contributed by atoms with Gasteiger partial charge in [0.05, 0.1) is 5.69 Å². The van der Waals surface area contributed by atoms with Gasteiger partial charge in [0.2, 0.25) is 0 Å². The molecular weight excluding hydrogens is 775 g/mol. The zero-order valence-electron chi connectivity index (χ0n) is 38.5. The Morgan fingerprint density at radius 3 is 1.61 bits per heavy atom. The van der Waals surface area contributed by atoms with Gasteiger partial charge in [-0.2, -0.15) is 0 Å². The standard InChI is InChI=1S/C60H55BN2O/c1-58(2,3)41-24-28-44(29-25-41)63-51-32-27-43(60(7,8)9)37-48(51)49-34-40(38-18-12-10-13-19-38)35-53-55(49)61(63)56-52(33-30-46-45-22-16-17-23-54(45)64-57(46)56)62(53)50-31-26-42(59(4,5)6)36-47(50)39-20-14-11-15-21-39/h10-37H,1-9H3. The van der Waals surface area contributed by atoms with E-state index in [0.29, 0.717) is 0 Å². The molecule has 4 heteroatoms. The number of rotatable bonds is 4. The molecule has 0 N–H and O–H groups in total. The Morgan fingerprint density at radius 2 is 0.953 bits per heavy atom. The van der Waals surface area contributed by atoms with E-state index in [4.69, 9.17) is 4.42 Å². The van der Waals surface area contributed by atoms with Crippen LogP contribution in [0.1, 0.15) is 79.0 Å². The summed E-state index contributed by atoms with van der Waals surface area (Å²) in [4.78, 5) is 5.18. The minimum Gasteiger partial charge on any atom is -0.456 e. The van der Waals surface area contributed by atoms with Crippen molar-refractivity contribution in [2.24, 2.45) is 0 Å². The van der Waals surface area contributed by atoms with Crippen molar-refractivity contribution < 1.29 is 4.42 Å². The summed E-state index contributed by atoms with van der Waals surface area (Å²) in [6, 6.07) is 63.6. The monoisotopic (exact) mass is 830 g/mol. The number of benzene rings is 8. The van der Waals surface area contributed by atoms with Crippen molar-refractivity contribution in [2.45, 2.75) is 78.6 Å². The van der Waals surface area contributed by atoms with Crippen LogP contribution in [0.2, 0.25) is 0 Å². The molecule has 2 aliphatic heterocycles. The Morgan fingerprint density at radius 1 is 0.391 bits per heavy atom. The Balaban J connectivity index is 1.32. The van der Waals surface area contributed by atoms with Crippen molar-refractivity contribution in [3.63, 3.8) is 0 Å². The van der Waals surface area contributed by atoms with Crippen molar-refractivity contribution in [3.05, 3.63) is 187 Å². The van der Waals surface area contributed by atoms with E-state index in [-0.39, 0.29) is 23.1 Å². The van der Waals surface area contributed by atoms with Crippen LogP contribution >= 0.6 is 0 Å². The first-order valence-corrected chi connectivity index (χ1v) is 22.9. The normalized spacial score (nSPS) is 13.6. The first-order chi connectivity index (χ1) is 30.6. The van der Waals surface area contributed by atoms with Gasteiger partial charge >= 0.3 is 6.85 Å². The molecular formula is C60H55BN2O. The van der Waals surface area contributed by atoms with E-state index in [1.165, 1.54) is 72.4 Å². The van der Waals surface area contributed by atoms with E-state index >= 15 is 0 Å². The molecule has 64 heavy (non-hydrogen) atoms. The zero-order chi connectivity index (χ0) is 44.3. The van der Waals surface area contributed by atoms with E-state index in [2.05, 4.69) is 242 Å². The van der Waals surface area contributed by atoms with Crippen LogP contribution in [0.5, 0.6) is 0 Å². The molecule has 9 aromatic rings. The summed E-state index contributed by atoms with van der Waals surface area (Å²) >= 11 is 0. The Bertz CT molecular complexity index is 3270. The lowest BCUT2D eigenvalue weighted by molar-refractivity contribution is 0.590. The molecule has 0 unspecified atom stereocenters. The summed E-state index contributed by atoms with van der Waals surface area (Å²) in [5.41, 5.74) is 21.1. The molecule has 0 spiro atoms. The van der Waals surface area contributed by atoms with Crippen LogP contribution in [0.4, 0.5) is 28.4 Å². The minimum absolute atomic E-state index is 0.0188. The van der Waals surface area contributed by atoms with Gasteiger partial charge in [-0.3, -0.25) is 0 Å². The second-order valence-electron chi connectivity index (χ2n) is 21.0. The van der Waals surface area contributed by atoms with Gasteiger partial charge in [-0.05, 0) is 127 Å². The molecule has 0 amide bonds. The van der Waals surface area contributed by atoms with Crippen LogP contribution < -0.4 is 20.6 Å². The number of nitrogens with zero attached hydrogens (tertiary/aromatic N) is 2. The maximum absolute atomic E-state index is 7.16. The van der Waals surface area contributed by atoms with Crippen molar-refractivity contribution in [1.82, 2.24) is 0 Å². The topological polar surface area (TPSA) is 19.6 Å². The number of para-hydroxylation sites is 1. The lowest BCUT2D eigenvalue weighted by Gasteiger charge is -2.46. The summed E-state index contributed by atoms with van der Waals surface area (Å²) < 4.78 is 7.16. The van der Waals surface area contributed by atoms with Gasteiger partial charge in [0.25, 0.3) is 0 Å². The Hall–Kier alpha value is -6.78. The molecule has 2 aliphatic rings. The predicted molar refractivity (Wildman–Crippen MR) is 274 cm³/mol. The quantitative estimate of drug-likeness (QED) is 0.165. The number of fused-ring (bicyclic) bond motifs is 8. The van der Waals surface area contributed by atoms with Gasteiger partial charge < -0.3 is 14.1 Å². The highest BCUT2D eigenvalue weighted by Gasteiger charge is 2.47. The highest BCUT2D eigenvalue weighted by Crippen LogP contribution is 2.52. The average molecular weight is 831 g/mol. The van der Waals surface area contributed by atoms with Crippen molar-refractivity contribution in [1.29, 1.82) is 0 Å². The first-order valence-electron chi connectivity index (χ1n) is 22.9. The van der Waals surface area contributed by atoms with Crippen LogP contribution in [0.3, 0.4) is 0 Å². The van der Waals surface area contributed by atoms with Crippen LogP contribution in [0.25, 0.3) is 55.3 Å². The van der Waals surface area contributed by atoms with Crippen molar-refractivity contribution >= 4 is 68.1 Å². The smallest absolute Gasteiger partial charge is 0.336 e. The predicted octanol–water partition coefficient (Wildman–Crippen LogP) is 15.5. The summed E-state index contributed by atoms with van der Waals surface area (Å²) in [6.07, 6.45) is 0. The molecule has 0 saturated carbocycles. The number of hydrogen-bond donors (Lipinski definition) is 0. The summed E-state index contributed by atoms with van der Waals surface area (Å²) in [7, 11) is 0. The maximum atomic E-state index is 7.16. The fraction of sp³-hybridized carbons (Fsp3) is 0.200. The molecule has 0 saturated heterocycles. The van der Waals surface area contributed by atoms with Crippen LogP contribution in [-0.4, -0.2) is 6.85 Å². The lowest BCUT2D eigenvalue weighted by Crippen LogP contribution is -2.61. The number of hydrogen-bond acceptors (Lipinski definition) is 3. The molecule has 11 rings (SSSR count). The second-order valence-corrected chi connectivity index (χ2v) is 21.0. The molecule has 0 aliphatic carbocycles. The molecule has 0 bridgehead atoms. The molecule has 3 heterocycles. The van der Waals surface area contributed by atoms with Crippen molar-refractivity contribution in [2.75, 3.05) is 9.71 Å². The summed E-state index contributed by atoms with van der Waals surface area (Å²) in [5, 5.41) is 2.26. The fourth-order valence-corrected chi connectivity index (χ4v) is 10.2. The van der Waals surface area contributed by atoms with Crippen LogP contribution in [0, 0.1) is 0 Å². The summed E-state index contributed by atoms with van der Waals surface area (Å²) in [6.45, 7) is 20.5. The molecule has 3 nitrogen and oxygen atoms in total. The van der Waals surface area contributed by atoms with E-state index in [9.17, 15) is 0 Å². The summed E-state index contributed by atoms with van der Waals surface area (Å²) in [5.74, 6) is 0. The van der Waals surface area contributed by atoms with E-state index < -0.39 is 0 Å². The highest BCUT2D eigenvalue weighted by molar-refractivity contribution is 6.95. The fourth-order valence-electron chi connectivity index (χ4n) is 10.2. The van der Waals surface area contributed by atoms with Crippen LogP contribution in [-0.2, 0) is 16.2 Å². The van der Waals surface area contributed by atoms with Gasteiger partial charge in [-0.1, -0.05) is 165 Å². The maximum Gasteiger partial charge on any atom is 0.336 e. The van der Waals surface area contributed by atoms with E-state index in [1.807, 2.05) is 0 Å². The molecule has 314 valence electrons. The molecule has 8 aromatic carbocycles. The van der Waals surface area contributed by atoms with Gasteiger partial charge in [-0.25, -0.2) is 0 Å². The van der Waals surface area contributed by atoms with Crippen LogP contribution in [0.15, 0.2) is 174 Å². The molecule has 0 radical (unpaired) electrons. The van der Waals surface area contributed by atoms with Crippen molar-refractivity contribution in [3.8, 4) is 33.4 Å². The van der Waals surface area contributed by atoms with E-state index in [1.54, 1.807) is 0 Å². The molecule has 1 aromatic heterocycles. The third-order valence-corrected chi connectivity index (χ3v) is 13.7. The SMILES string of the molecule is CC(C)(C)c1ccc(N2B3c4c(cc(-c5ccccc5)cc4N(c4ccc(C(C)(C)C)cc4-c4ccccc4)c4ccc5c(oc6ccccc65)c43)-c3cc(C(C)(C)C)ccc32)cc1. The van der Waals surface area contributed by atoms with E-state index in [0.717, 1.165) is 39.0 Å². The minimum atomic E-state index is -0.215. The highest BCUT2D eigenvalue weighted by atomic mass is 16.3.